The molecule has 5 nitrogen and oxygen atoms in total. The number of halogens is 1. The fourth-order valence-electron chi connectivity index (χ4n) is 4.53. The van der Waals surface area contributed by atoms with Crippen molar-refractivity contribution in [2.24, 2.45) is 0 Å². The molecule has 1 saturated heterocycles. The van der Waals surface area contributed by atoms with E-state index in [0.717, 1.165) is 5.56 Å². The third-order valence-electron chi connectivity index (χ3n) is 6.24. The minimum absolute atomic E-state index is 0.0806. The second-order valence-corrected chi connectivity index (χ2v) is 8.98. The Hall–Kier alpha value is -2.25. The lowest BCUT2D eigenvalue weighted by Crippen LogP contribution is -2.65. The molecule has 0 radical (unpaired) electrons. The van der Waals surface area contributed by atoms with Crippen LogP contribution in [-0.2, 0) is 24.0 Å². The van der Waals surface area contributed by atoms with Crippen LogP contribution in [0.25, 0.3) is 0 Å². The van der Waals surface area contributed by atoms with Crippen LogP contribution < -0.4 is 0 Å². The summed E-state index contributed by atoms with van der Waals surface area (Å²) in [4.78, 5) is 0. The normalized spacial score (nSPS) is 30.8. The molecular formula is C26H27ClO5. The van der Waals surface area contributed by atoms with E-state index in [1.807, 2.05) is 54.6 Å². The zero-order valence-electron chi connectivity index (χ0n) is 17.5. The number of ether oxygens (including phenoxy) is 1. The van der Waals surface area contributed by atoms with E-state index in [4.69, 9.17) is 16.3 Å². The van der Waals surface area contributed by atoms with Gasteiger partial charge in [0.15, 0.2) is 5.60 Å². The van der Waals surface area contributed by atoms with Gasteiger partial charge in [-0.3, -0.25) is 0 Å². The smallest absolute Gasteiger partial charge is 0.279 e. The van der Waals surface area contributed by atoms with E-state index in [2.05, 4.69) is 0 Å². The lowest BCUT2D eigenvalue weighted by atomic mass is 9.71. The molecule has 1 heterocycles. The molecule has 1 unspecified atom stereocenters. The molecule has 4 N–H and O–H groups in total. The van der Waals surface area contributed by atoms with Crippen molar-refractivity contribution in [1.29, 1.82) is 0 Å². The van der Waals surface area contributed by atoms with Gasteiger partial charge in [-0.15, -0.1) is 0 Å². The van der Waals surface area contributed by atoms with E-state index in [-0.39, 0.29) is 19.3 Å². The van der Waals surface area contributed by atoms with Crippen molar-refractivity contribution < 1.29 is 25.2 Å². The number of hydrogen-bond acceptors (Lipinski definition) is 5. The van der Waals surface area contributed by atoms with Gasteiger partial charge in [0.2, 0.25) is 0 Å². The summed E-state index contributed by atoms with van der Waals surface area (Å²) in [5.41, 5.74) is -2.21. The molecule has 1 aliphatic heterocycles. The van der Waals surface area contributed by atoms with Gasteiger partial charge in [0.05, 0.1) is 6.10 Å². The van der Waals surface area contributed by atoms with Crippen LogP contribution in [0.5, 0.6) is 0 Å². The summed E-state index contributed by atoms with van der Waals surface area (Å²) in [7, 11) is 0. The third-order valence-corrected chi connectivity index (χ3v) is 6.64. The van der Waals surface area contributed by atoms with Crippen LogP contribution in [0.3, 0.4) is 0 Å². The Morgan fingerprint density at radius 1 is 0.719 bits per heavy atom. The first-order valence-electron chi connectivity index (χ1n) is 10.6. The zero-order chi connectivity index (χ0) is 22.8. The Kier molecular flexibility index (Phi) is 6.41. The van der Waals surface area contributed by atoms with Crippen molar-refractivity contribution in [3.05, 3.63) is 108 Å². The fourth-order valence-corrected chi connectivity index (χ4v) is 4.86. The predicted molar refractivity (Wildman–Crippen MR) is 122 cm³/mol. The molecule has 5 atom stereocenters. The molecule has 1 fully saturated rings. The van der Waals surface area contributed by atoms with Crippen molar-refractivity contribution in [3.63, 3.8) is 0 Å². The van der Waals surface area contributed by atoms with Crippen LogP contribution in [0.15, 0.2) is 91.0 Å². The average Bonchev–Trinajstić information content (AvgIpc) is 2.93. The molecule has 1 aliphatic rings. The Labute approximate surface area is 192 Å². The summed E-state index contributed by atoms with van der Waals surface area (Å²) in [6.45, 7) is 0. The molecule has 4 rings (SSSR count). The molecular weight excluding hydrogens is 428 g/mol. The van der Waals surface area contributed by atoms with Crippen molar-refractivity contribution in [1.82, 2.24) is 0 Å². The topological polar surface area (TPSA) is 90.2 Å². The molecule has 0 saturated carbocycles. The molecule has 0 aromatic heterocycles. The Morgan fingerprint density at radius 3 is 1.66 bits per heavy atom. The first kappa shape index (κ1) is 22.9. The highest BCUT2D eigenvalue weighted by atomic mass is 35.5. The van der Waals surface area contributed by atoms with Gasteiger partial charge in [-0.2, -0.15) is 0 Å². The van der Waals surface area contributed by atoms with Crippen LogP contribution in [0.2, 0.25) is 0 Å². The Morgan fingerprint density at radius 2 is 1.16 bits per heavy atom. The maximum atomic E-state index is 12.0. The highest BCUT2D eigenvalue weighted by Crippen LogP contribution is 2.52. The summed E-state index contributed by atoms with van der Waals surface area (Å²) >= 11 is 6.33. The highest BCUT2D eigenvalue weighted by Gasteiger charge is 2.73. The fraction of sp³-hybridized carbons (Fsp3) is 0.308. The maximum absolute atomic E-state index is 12.0. The summed E-state index contributed by atoms with van der Waals surface area (Å²) in [5, 5.41) is 43.2. The van der Waals surface area contributed by atoms with Crippen LogP contribution in [0.4, 0.5) is 0 Å². The number of aliphatic hydroxyl groups excluding tert-OH is 1. The van der Waals surface area contributed by atoms with Crippen LogP contribution in [0, 0.1) is 0 Å². The Balaban J connectivity index is 1.74. The second-order valence-electron chi connectivity index (χ2n) is 8.47. The monoisotopic (exact) mass is 454 g/mol. The molecule has 0 spiro atoms. The summed E-state index contributed by atoms with van der Waals surface area (Å²) < 4.78 is 5.63. The molecule has 0 amide bonds. The molecule has 6 heteroatoms. The first-order chi connectivity index (χ1) is 15.3. The molecule has 32 heavy (non-hydrogen) atoms. The highest BCUT2D eigenvalue weighted by molar-refractivity contribution is 6.23. The quantitative estimate of drug-likeness (QED) is 0.412. The Bertz CT molecular complexity index is 1010. The van der Waals surface area contributed by atoms with Gasteiger partial charge in [0, 0.05) is 19.3 Å². The van der Waals surface area contributed by atoms with Gasteiger partial charge in [-0.1, -0.05) is 103 Å². The van der Waals surface area contributed by atoms with Gasteiger partial charge < -0.3 is 25.2 Å². The van der Waals surface area contributed by atoms with E-state index < -0.39 is 28.7 Å². The lowest BCUT2D eigenvalue weighted by Gasteiger charge is -2.42. The number of hydrogen-bond donors (Lipinski definition) is 4. The average molecular weight is 455 g/mol. The minimum Gasteiger partial charge on any atom is -0.390 e. The van der Waals surface area contributed by atoms with Gasteiger partial charge in [-0.05, 0) is 16.7 Å². The van der Waals surface area contributed by atoms with Gasteiger partial charge >= 0.3 is 0 Å². The van der Waals surface area contributed by atoms with Gasteiger partial charge in [0.1, 0.15) is 11.7 Å². The van der Waals surface area contributed by atoms with E-state index in [1.165, 1.54) is 0 Å². The van der Waals surface area contributed by atoms with Crippen molar-refractivity contribution in [3.8, 4) is 0 Å². The maximum Gasteiger partial charge on any atom is 0.279 e. The van der Waals surface area contributed by atoms with Crippen LogP contribution in [0.1, 0.15) is 16.7 Å². The third kappa shape index (κ3) is 4.20. The molecule has 3 aromatic rings. The number of alkyl halides is 1. The summed E-state index contributed by atoms with van der Waals surface area (Å²) in [6, 6.07) is 27.2. The van der Waals surface area contributed by atoms with E-state index >= 15 is 0 Å². The van der Waals surface area contributed by atoms with Crippen LogP contribution in [-0.4, -0.2) is 49.1 Å². The number of rotatable bonds is 7. The van der Waals surface area contributed by atoms with E-state index in [0.29, 0.717) is 11.1 Å². The SMILES string of the molecule is OC(Cc1ccccc1)[C@H]1O[C@@](O)(Cl)[C@](O)(Cc2ccccc2)[C@@]1(O)Cc1ccccc1. The standard InChI is InChI=1S/C26H27ClO5/c27-26(31)25(30,18-21-14-8-3-9-15-21)24(29,17-20-12-6-2-7-13-20)23(32-26)22(28)16-19-10-4-1-5-11-19/h1-15,22-23,28-31H,16-18H2/t22?,23-,24-,25+,26-/m1/s1. The minimum atomic E-state index is -2.62. The van der Waals surface area contributed by atoms with Crippen LogP contribution >= 0.6 is 11.6 Å². The lowest BCUT2D eigenvalue weighted by molar-refractivity contribution is -0.222. The molecule has 3 aromatic carbocycles. The van der Waals surface area contributed by atoms with Gasteiger partial charge in [-0.25, -0.2) is 0 Å². The molecule has 168 valence electrons. The first-order valence-corrected chi connectivity index (χ1v) is 11.0. The van der Waals surface area contributed by atoms with E-state index in [9.17, 15) is 20.4 Å². The van der Waals surface area contributed by atoms with E-state index in [1.54, 1.807) is 36.4 Å². The predicted octanol–water partition coefficient (Wildman–Crippen LogP) is 2.82. The summed E-state index contributed by atoms with van der Waals surface area (Å²) in [5.74, 6) is 0. The van der Waals surface area contributed by atoms with Crippen molar-refractivity contribution >= 4 is 11.6 Å². The molecule has 0 aliphatic carbocycles. The van der Waals surface area contributed by atoms with Crippen molar-refractivity contribution in [2.75, 3.05) is 0 Å². The molecule has 0 bridgehead atoms. The number of aliphatic hydroxyl groups is 4. The van der Waals surface area contributed by atoms with Gasteiger partial charge in [0.25, 0.3) is 5.25 Å². The zero-order valence-corrected chi connectivity index (χ0v) is 18.3. The second kappa shape index (κ2) is 8.94. The number of benzene rings is 3. The van der Waals surface area contributed by atoms with Crippen molar-refractivity contribution in [2.45, 2.75) is 47.9 Å². The largest absolute Gasteiger partial charge is 0.390 e. The summed E-state index contributed by atoms with van der Waals surface area (Å²) in [6.07, 6.45) is -2.69.